The van der Waals surface area contributed by atoms with Crippen molar-refractivity contribution in [1.29, 1.82) is 0 Å². The van der Waals surface area contributed by atoms with Crippen molar-refractivity contribution in [2.45, 2.75) is 0 Å². The fourth-order valence-electron chi connectivity index (χ4n) is 16.5. The van der Waals surface area contributed by atoms with Gasteiger partial charge in [0.15, 0.2) is 10.9 Å². The van der Waals surface area contributed by atoms with Gasteiger partial charge in [0, 0.05) is 87.0 Å². The van der Waals surface area contributed by atoms with Crippen LogP contribution in [0.15, 0.2) is 325 Å². The van der Waals surface area contributed by atoms with Crippen LogP contribution in [0, 0.1) is 0 Å². The standard InChI is InChI=1S/C92H54N4O2/c97-91-87-71(62-30-36-68-66-26-14-16-28-79(66)94-81(68)50-62)47-63(61-29-35-67-65-25-13-15-27-78(65)93-80(67)49-61)48-76(87)69-37-38-70-77-51-64(95-82-39-31-57(53-17-5-1-6-18-53)43-72(82)73-44-58(32-40-83(73)95)54-19-7-2-8-20-54)52-86(88(77)92(98)90(70)89(69)91)96-84-41-33-59(55-21-9-3-10-22-55)45-74(84)75-46-60(34-42-85(75)96)56-23-11-4-12-24-56/h1-52,93-94H. The predicted molar refractivity (Wildman–Crippen MR) is 411 cm³/mol. The van der Waals surface area contributed by atoms with E-state index in [9.17, 15) is 0 Å². The average Bonchev–Trinajstić information content (AvgIpc) is 1.53. The predicted octanol–water partition coefficient (Wildman–Crippen LogP) is 23.4. The Hall–Kier alpha value is -13.2. The maximum absolute atomic E-state index is 16.9. The molecule has 0 spiro atoms. The summed E-state index contributed by atoms with van der Waals surface area (Å²) in [6, 6.07) is 112. The van der Waals surface area contributed by atoms with Crippen molar-refractivity contribution in [1.82, 2.24) is 19.1 Å². The van der Waals surface area contributed by atoms with E-state index in [1.807, 2.05) is 0 Å². The van der Waals surface area contributed by atoms with Crippen LogP contribution in [0.25, 0.3) is 208 Å². The summed E-state index contributed by atoms with van der Waals surface area (Å²) in [6.07, 6.45) is 0. The molecule has 2 N–H and O–H groups in total. The zero-order valence-electron chi connectivity index (χ0n) is 52.7. The van der Waals surface area contributed by atoms with Gasteiger partial charge in [0.25, 0.3) is 0 Å². The Kier molecular flexibility index (Phi) is 11.4. The molecule has 0 aliphatic heterocycles. The van der Waals surface area contributed by atoms with E-state index in [1.54, 1.807) is 0 Å². The second kappa shape index (κ2) is 20.7. The van der Waals surface area contributed by atoms with E-state index in [4.69, 9.17) is 0 Å². The van der Waals surface area contributed by atoms with E-state index in [2.05, 4.69) is 335 Å². The number of nitrogens with one attached hydrogen (secondary N) is 2. The molecule has 6 nitrogen and oxygen atoms in total. The number of rotatable bonds is 8. The molecule has 0 saturated carbocycles. The fourth-order valence-corrected chi connectivity index (χ4v) is 16.5. The smallest absolute Gasteiger partial charge is 0.197 e. The van der Waals surface area contributed by atoms with Gasteiger partial charge < -0.3 is 19.1 Å². The third-order valence-electron chi connectivity index (χ3n) is 21.0. The summed E-state index contributed by atoms with van der Waals surface area (Å²) >= 11 is 0. The molecule has 0 radical (unpaired) electrons. The lowest BCUT2D eigenvalue weighted by molar-refractivity contribution is 1.15. The van der Waals surface area contributed by atoms with E-state index in [0.717, 1.165) is 182 Å². The van der Waals surface area contributed by atoms with Gasteiger partial charge in [-0.15, -0.1) is 0 Å². The number of hydrogen-bond acceptors (Lipinski definition) is 2. The van der Waals surface area contributed by atoms with Gasteiger partial charge in [-0.2, -0.15) is 0 Å². The quantitative estimate of drug-likeness (QED) is 0.159. The summed E-state index contributed by atoms with van der Waals surface area (Å²) in [4.78, 5) is 40.7. The molecule has 0 aliphatic carbocycles. The lowest BCUT2D eigenvalue weighted by Gasteiger charge is -2.15. The molecule has 4 aromatic heterocycles. The van der Waals surface area contributed by atoms with Crippen molar-refractivity contribution in [2.24, 2.45) is 0 Å². The highest BCUT2D eigenvalue weighted by Gasteiger charge is 2.28. The maximum atomic E-state index is 16.9. The molecule has 98 heavy (non-hydrogen) atoms. The monoisotopic (exact) mass is 1250 g/mol. The zero-order valence-corrected chi connectivity index (χ0v) is 52.7. The summed E-state index contributed by atoms with van der Waals surface area (Å²) < 4.78 is 4.70. The largest absolute Gasteiger partial charge is 0.354 e. The van der Waals surface area contributed by atoms with Gasteiger partial charge in [-0.1, -0.05) is 218 Å². The first-order valence-electron chi connectivity index (χ1n) is 33.4. The second-order valence-electron chi connectivity index (χ2n) is 26.3. The van der Waals surface area contributed by atoms with Crippen LogP contribution in [0.3, 0.4) is 0 Å². The van der Waals surface area contributed by atoms with Crippen LogP contribution in [0.1, 0.15) is 0 Å². The van der Waals surface area contributed by atoms with Crippen LogP contribution in [0.5, 0.6) is 0 Å². The highest BCUT2D eigenvalue weighted by molar-refractivity contribution is 6.30. The summed E-state index contributed by atoms with van der Waals surface area (Å²) in [6.45, 7) is 0. The fraction of sp³-hybridized carbons (Fsp3) is 0. The van der Waals surface area contributed by atoms with Gasteiger partial charge in [-0.3, -0.25) is 9.59 Å². The highest BCUT2D eigenvalue weighted by Crippen LogP contribution is 2.47. The first-order valence-corrected chi connectivity index (χ1v) is 33.4. The molecule has 0 unspecified atom stereocenters. The molecule has 17 aromatic carbocycles. The van der Waals surface area contributed by atoms with Crippen LogP contribution < -0.4 is 10.9 Å². The summed E-state index contributed by atoms with van der Waals surface area (Å²) in [5.41, 5.74) is 22.0. The van der Waals surface area contributed by atoms with Crippen molar-refractivity contribution < 1.29 is 0 Å². The van der Waals surface area contributed by atoms with Gasteiger partial charge in [-0.05, 0) is 185 Å². The molecular weight excluding hydrogens is 1190 g/mol. The van der Waals surface area contributed by atoms with Crippen LogP contribution >= 0.6 is 0 Å². The summed E-state index contributed by atoms with van der Waals surface area (Å²) in [7, 11) is 0. The Morgan fingerprint density at radius 1 is 0.204 bits per heavy atom. The molecule has 4 heterocycles. The van der Waals surface area contributed by atoms with Crippen LogP contribution in [0.4, 0.5) is 0 Å². The van der Waals surface area contributed by atoms with Gasteiger partial charge in [-0.25, -0.2) is 0 Å². The molecule has 21 rings (SSSR count). The van der Waals surface area contributed by atoms with Crippen molar-refractivity contribution in [3.63, 3.8) is 0 Å². The molecule has 0 amide bonds. The number of hydrogen-bond donors (Lipinski definition) is 2. The number of fused-ring (bicyclic) bond motifs is 19. The molecule has 0 fully saturated rings. The number of aromatic nitrogens is 4. The van der Waals surface area contributed by atoms with E-state index < -0.39 is 0 Å². The van der Waals surface area contributed by atoms with E-state index in [-0.39, 0.29) is 10.9 Å². The SMILES string of the molecule is O=c1c2c(-c3ccc4c(c3)[nH]c3ccccc34)cc(-c3ccc4c(c3)[nH]c3ccccc34)cc2c2ccc3c4cc(-n5c6ccc(-c7ccccc7)cc6c6cc(-c7ccccc7)ccc65)cc(-n5c6ccc(-c7ccccc7)cc6c6cc(-c7ccccc7)ccc65)c4c(=O)c3c12. The van der Waals surface area contributed by atoms with Gasteiger partial charge in [0.1, 0.15) is 0 Å². The molecule has 0 saturated heterocycles. The summed E-state index contributed by atoms with van der Waals surface area (Å²) in [5.74, 6) is 0. The van der Waals surface area contributed by atoms with E-state index >= 15 is 9.59 Å². The Labute approximate surface area is 560 Å². The molecule has 0 bridgehead atoms. The van der Waals surface area contributed by atoms with Gasteiger partial charge in [0.05, 0.1) is 33.1 Å². The third-order valence-corrected chi connectivity index (χ3v) is 21.0. The second-order valence-corrected chi connectivity index (χ2v) is 26.3. The number of para-hydroxylation sites is 2. The summed E-state index contributed by atoms with van der Waals surface area (Å²) in [5, 5.41) is 14.0. The molecule has 454 valence electrons. The van der Waals surface area contributed by atoms with E-state index in [1.165, 1.54) is 5.39 Å². The maximum Gasteiger partial charge on any atom is 0.197 e. The lowest BCUT2D eigenvalue weighted by Crippen LogP contribution is -2.06. The van der Waals surface area contributed by atoms with Gasteiger partial charge in [0.2, 0.25) is 0 Å². The van der Waals surface area contributed by atoms with Crippen LogP contribution in [-0.4, -0.2) is 19.1 Å². The molecule has 0 aliphatic rings. The number of aromatic amines is 2. The van der Waals surface area contributed by atoms with Crippen LogP contribution in [0.2, 0.25) is 0 Å². The highest BCUT2D eigenvalue weighted by atomic mass is 16.1. The minimum absolute atomic E-state index is 0.163. The molecule has 6 heteroatoms. The van der Waals surface area contributed by atoms with Crippen LogP contribution in [-0.2, 0) is 0 Å². The minimum atomic E-state index is -0.181. The minimum Gasteiger partial charge on any atom is -0.354 e. The first-order chi connectivity index (χ1) is 48.4. The van der Waals surface area contributed by atoms with Crippen molar-refractivity contribution in [2.75, 3.05) is 0 Å². The topological polar surface area (TPSA) is 75.6 Å². The molecule has 21 aromatic rings. The molecular formula is C92H54N4O2. The molecule has 0 atom stereocenters. The normalized spacial score (nSPS) is 12.2. The number of H-pyrrole nitrogens is 2. The van der Waals surface area contributed by atoms with E-state index in [0.29, 0.717) is 21.5 Å². The Morgan fingerprint density at radius 3 is 1.02 bits per heavy atom. The Bertz CT molecular complexity index is 6870. The lowest BCUT2D eigenvalue weighted by atomic mass is 9.93. The van der Waals surface area contributed by atoms with Crippen molar-refractivity contribution in [3.8, 4) is 78.1 Å². The third kappa shape index (κ3) is 7.97. The number of benzene rings is 15. The number of nitrogens with zero attached hydrogens (tertiary/aromatic N) is 2. The van der Waals surface area contributed by atoms with Gasteiger partial charge >= 0.3 is 0 Å². The average molecular weight is 1250 g/mol. The van der Waals surface area contributed by atoms with Crippen molar-refractivity contribution >= 4 is 130 Å². The zero-order chi connectivity index (χ0) is 64.4. The first kappa shape index (κ1) is 54.3. The Balaban J connectivity index is 0.878. The van der Waals surface area contributed by atoms with Crippen molar-refractivity contribution in [3.05, 3.63) is 336 Å². The Morgan fingerprint density at radius 2 is 0.551 bits per heavy atom.